The molecular formula is C19H23N5O. The fourth-order valence-electron chi connectivity index (χ4n) is 2.85. The molecule has 6 nitrogen and oxygen atoms in total. The van der Waals surface area contributed by atoms with Crippen LogP contribution in [0.25, 0.3) is 5.69 Å². The highest BCUT2D eigenvalue weighted by Crippen LogP contribution is 2.18. The van der Waals surface area contributed by atoms with Crippen LogP contribution >= 0.6 is 0 Å². The third-order valence-corrected chi connectivity index (χ3v) is 4.36. The maximum absolute atomic E-state index is 12.4. The molecule has 0 saturated carbocycles. The summed E-state index contributed by atoms with van der Waals surface area (Å²) < 4.78 is 3.71. The lowest BCUT2D eigenvalue weighted by Gasteiger charge is -2.19. The summed E-state index contributed by atoms with van der Waals surface area (Å²) in [6.07, 6.45) is 5.11. The molecule has 25 heavy (non-hydrogen) atoms. The molecule has 6 heteroatoms. The Hall–Kier alpha value is -2.89. The van der Waals surface area contributed by atoms with Gasteiger partial charge in [-0.25, -0.2) is 9.67 Å². The number of nitrogens with one attached hydrogen (secondary N) is 1. The number of benzene rings is 1. The summed E-state index contributed by atoms with van der Waals surface area (Å²) in [5, 5.41) is 7.54. The predicted molar refractivity (Wildman–Crippen MR) is 96.5 cm³/mol. The van der Waals surface area contributed by atoms with Crippen LogP contribution in [0, 0.1) is 13.8 Å². The Bertz CT molecular complexity index is 849. The number of carbonyl (C=O) groups is 1. The van der Waals surface area contributed by atoms with Crippen molar-refractivity contribution in [1.29, 1.82) is 0 Å². The molecule has 1 aromatic carbocycles. The van der Waals surface area contributed by atoms with Crippen LogP contribution in [0.3, 0.4) is 0 Å². The van der Waals surface area contributed by atoms with Crippen LogP contribution in [0.2, 0.25) is 0 Å². The van der Waals surface area contributed by atoms with E-state index in [1.165, 1.54) is 0 Å². The van der Waals surface area contributed by atoms with Gasteiger partial charge in [0.2, 0.25) is 5.91 Å². The summed E-state index contributed by atoms with van der Waals surface area (Å²) in [5.74, 6) is -0.0341. The van der Waals surface area contributed by atoms with Crippen molar-refractivity contribution in [2.24, 2.45) is 0 Å². The van der Waals surface area contributed by atoms with Crippen molar-refractivity contribution in [3.63, 3.8) is 0 Å². The van der Waals surface area contributed by atoms with Crippen molar-refractivity contribution >= 4 is 5.91 Å². The lowest BCUT2D eigenvalue weighted by atomic mass is 10.1. The molecule has 130 valence electrons. The Morgan fingerprint density at radius 3 is 2.44 bits per heavy atom. The van der Waals surface area contributed by atoms with Gasteiger partial charge in [-0.1, -0.05) is 12.1 Å². The van der Waals surface area contributed by atoms with Crippen LogP contribution in [0.15, 0.2) is 49.1 Å². The van der Waals surface area contributed by atoms with Crippen LogP contribution in [0.5, 0.6) is 0 Å². The Labute approximate surface area is 147 Å². The summed E-state index contributed by atoms with van der Waals surface area (Å²) in [7, 11) is 0. The molecule has 0 radical (unpaired) electrons. The molecule has 3 rings (SSSR count). The quantitative estimate of drug-likeness (QED) is 0.778. The smallest absolute Gasteiger partial charge is 0.243 e. The van der Waals surface area contributed by atoms with Gasteiger partial charge in [-0.2, -0.15) is 5.10 Å². The van der Waals surface area contributed by atoms with Crippen molar-refractivity contribution in [2.75, 3.05) is 0 Å². The minimum Gasteiger partial charge on any atom is -0.348 e. The Morgan fingerprint density at radius 2 is 1.88 bits per heavy atom. The van der Waals surface area contributed by atoms with Crippen molar-refractivity contribution in [3.05, 3.63) is 66.0 Å². The number of carbonyl (C=O) groups excluding carboxylic acids is 1. The Kier molecular flexibility index (Phi) is 4.70. The van der Waals surface area contributed by atoms with Gasteiger partial charge in [0.1, 0.15) is 6.04 Å². The van der Waals surface area contributed by atoms with E-state index in [-0.39, 0.29) is 18.0 Å². The number of hydrogen-bond acceptors (Lipinski definition) is 3. The van der Waals surface area contributed by atoms with Gasteiger partial charge in [0.25, 0.3) is 0 Å². The Morgan fingerprint density at radius 1 is 1.16 bits per heavy atom. The van der Waals surface area contributed by atoms with E-state index < -0.39 is 0 Å². The third-order valence-electron chi connectivity index (χ3n) is 4.36. The molecule has 2 unspecified atom stereocenters. The molecule has 1 amide bonds. The molecule has 0 aliphatic heterocycles. The lowest BCUT2D eigenvalue weighted by Crippen LogP contribution is -2.32. The summed E-state index contributed by atoms with van der Waals surface area (Å²) in [6, 6.07) is 9.78. The first-order valence-electron chi connectivity index (χ1n) is 8.37. The number of nitrogens with zero attached hydrogens (tertiary/aromatic N) is 4. The molecule has 3 aromatic rings. The average molecular weight is 337 g/mol. The van der Waals surface area contributed by atoms with E-state index in [0.29, 0.717) is 0 Å². The number of rotatable bonds is 5. The van der Waals surface area contributed by atoms with Gasteiger partial charge in [-0.3, -0.25) is 4.79 Å². The number of aromatic nitrogens is 4. The zero-order valence-electron chi connectivity index (χ0n) is 15.0. The summed E-state index contributed by atoms with van der Waals surface area (Å²) >= 11 is 0. The van der Waals surface area contributed by atoms with Gasteiger partial charge in [0, 0.05) is 18.1 Å². The standard InChI is InChI=1S/C19H23N5O/c1-13-11-14(2)24(22-13)18-7-5-17(6-8-18)15(3)21-19(25)16(4)23-10-9-20-12-23/h5-12,15-16H,1-4H3,(H,21,25). The van der Waals surface area contributed by atoms with Crippen LogP contribution < -0.4 is 5.32 Å². The maximum atomic E-state index is 12.4. The van der Waals surface area contributed by atoms with E-state index in [0.717, 1.165) is 22.6 Å². The first kappa shape index (κ1) is 17.0. The van der Waals surface area contributed by atoms with Crippen molar-refractivity contribution < 1.29 is 4.79 Å². The van der Waals surface area contributed by atoms with Crippen LogP contribution in [-0.2, 0) is 4.79 Å². The zero-order valence-corrected chi connectivity index (χ0v) is 15.0. The molecule has 0 fully saturated rings. The van der Waals surface area contributed by atoms with Crippen LogP contribution in [-0.4, -0.2) is 25.2 Å². The van der Waals surface area contributed by atoms with E-state index in [1.807, 2.05) is 62.7 Å². The van der Waals surface area contributed by atoms with Gasteiger partial charge in [0.15, 0.2) is 0 Å². The monoisotopic (exact) mass is 337 g/mol. The van der Waals surface area contributed by atoms with Gasteiger partial charge in [-0.15, -0.1) is 0 Å². The van der Waals surface area contributed by atoms with Crippen molar-refractivity contribution in [3.8, 4) is 5.69 Å². The number of imidazole rings is 1. The molecule has 2 aromatic heterocycles. The van der Waals surface area contributed by atoms with Gasteiger partial charge >= 0.3 is 0 Å². The number of hydrogen-bond donors (Lipinski definition) is 1. The van der Waals surface area contributed by atoms with Gasteiger partial charge in [0.05, 0.1) is 23.8 Å². The first-order valence-corrected chi connectivity index (χ1v) is 8.37. The summed E-state index contributed by atoms with van der Waals surface area (Å²) in [5.41, 5.74) is 4.16. The first-order chi connectivity index (χ1) is 12.0. The molecule has 2 atom stereocenters. The van der Waals surface area contributed by atoms with E-state index in [4.69, 9.17) is 0 Å². The minimum absolute atomic E-state index is 0.0341. The second-order valence-corrected chi connectivity index (χ2v) is 6.35. The highest BCUT2D eigenvalue weighted by atomic mass is 16.2. The minimum atomic E-state index is -0.293. The molecule has 0 aliphatic carbocycles. The van der Waals surface area contributed by atoms with E-state index in [1.54, 1.807) is 23.3 Å². The molecule has 1 N–H and O–H groups in total. The highest BCUT2D eigenvalue weighted by Gasteiger charge is 2.17. The maximum Gasteiger partial charge on any atom is 0.243 e. The normalized spacial score (nSPS) is 13.4. The molecule has 2 heterocycles. The molecular weight excluding hydrogens is 314 g/mol. The van der Waals surface area contributed by atoms with E-state index >= 15 is 0 Å². The topological polar surface area (TPSA) is 64.7 Å². The Balaban J connectivity index is 1.69. The molecule has 0 saturated heterocycles. The lowest BCUT2D eigenvalue weighted by molar-refractivity contribution is -0.124. The van der Waals surface area contributed by atoms with E-state index in [2.05, 4.69) is 15.4 Å². The molecule has 0 bridgehead atoms. The van der Waals surface area contributed by atoms with Crippen molar-refractivity contribution in [2.45, 2.75) is 39.8 Å². The fraction of sp³-hybridized carbons (Fsp3) is 0.316. The number of amides is 1. The third kappa shape index (κ3) is 3.63. The SMILES string of the molecule is Cc1cc(C)n(-c2ccc(C(C)NC(=O)C(C)n3ccnc3)cc2)n1. The van der Waals surface area contributed by atoms with Crippen LogP contribution in [0.4, 0.5) is 0 Å². The highest BCUT2D eigenvalue weighted by molar-refractivity contribution is 5.80. The largest absolute Gasteiger partial charge is 0.348 e. The predicted octanol–water partition coefficient (Wildman–Crippen LogP) is 3.12. The van der Waals surface area contributed by atoms with Crippen LogP contribution in [0.1, 0.15) is 42.9 Å². The summed E-state index contributed by atoms with van der Waals surface area (Å²) in [4.78, 5) is 16.4. The fourth-order valence-corrected chi connectivity index (χ4v) is 2.85. The number of aryl methyl sites for hydroxylation is 2. The van der Waals surface area contributed by atoms with Crippen molar-refractivity contribution in [1.82, 2.24) is 24.6 Å². The molecule has 0 spiro atoms. The molecule has 0 aliphatic rings. The zero-order chi connectivity index (χ0) is 18.0. The van der Waals surface area contributed by atoms with Gasteiger partial charge in [-0.05, 0) is 51.5 Å². The average Bonchev–Trinajstić information content (AvgIpc) is 3.23. The summed E-state index contributed by atoms with van der Waals surface area (Å²) in [6.45, 7) is 7.86. The second kappa shape index (κ2) is 6.93. The van der Waals surface area contributed by atoms with E-state index in [9.17, 15) is 4.79 Å². The van der Waals surface area contributed by atoms with Gasteiger partial charge < -0.3 is 9.88 Å². The second-order valence-electron chi connectivity index (χ2n) is 6.35.